The zero-order valence-corrected chi connectivity index (χ0v) is 13.3. The molecule has 0 saturated heterocycles. The standard InChI is InChI=1S/C19H17N3O2/c1-20-16(23)21-14-6-7-15(22(21)17(20)24)19-9-8-18(14,19)10-12-4-2-3-5-13(12)11-19/h2-9,14-15H,10-11H2,1H3/t14-,15+,18-,19+. The summed E-state index contributed by atoms with van der Waals surface area (Å²) in [4.78, 5) is 25.3. The molecule has 5 aliphatic rings. The Kier molecular flexibility index (Phi) is 1.91. The minimum Gasteiger partial charge on any atom is -0.246 e. The highest BCUT2D eigenvalue weighted by atomic mass is 16.2. The van der Waals surface area contributed by atoms with E-state index in [1.54, 1.807) is 16.4 Å². The molecule has 0 radical (unpaired) electrons. The molecule has 2 bridgehead atoms. The molecule has 1 aromatic carbocycles. The fourth-order valence-corrected chi connectivity index (χ4v) is 5.68. The van der Waals surface area contributed by atoms with Crippen molar-refractivity contribution >= 4 is 0 Å². The highest BCUT2D eigenvalue weighted by Crippen LogP contribution is 2.70. The summed E-state index contributed by atoms with van der Waals surface area (Å²) in [6.45, 7) is 0. The normalized spacial score (nSPS) is 36.5. The summed E-state index contributed by atoms with van der Waals surface area (Å²) in [7, 11) is 1.57. The molecule has 5 heteroatoms. The van der Waals surface area contributed by atoms with Crippen LogP contribution in [0.3, 0.4) is 0 Å². The number of hydrogen-bond donors (Lipinski definition) is 0. The van der Waals surface area contributed by atoms with Crippen LogP contribution in [0.15, 0.2) is 58.2 Å². The van der Waals surface area contributed by atoms with Crippen molar-refractivity contribution in [3.8, 4) is 0 Å². The highest BCUT2D eigenvalue weighted by molar-refractivity contribution is 5.49. The van der Waals surface area contributed by atoms with E-state index >= 15 is 0 Å². The van der Waals surface area contributed by atoms with Gasteiger partial charge in [0, 0.05) is 17.9 Å². The molecule has 24 heavy (non-hydrogen) atoms. The van der Waals surface area contributed by atoms with Gasteiger partial charge in [-0.15, -0.1) is 0 Å². The maximum absolute atomic E-state index is 12.7. The summed E-state index contributed by atoms with van der Waals surface area (Å²) < 4.78 is 4.63. The number of fused-ring (bicyclic) bond motifs is 1. The summed E-state index contributed by atoms with van der Waals surface area (Å²) in [5.74, 6) is 0. The van der Waals surface area contributed by atoms with Gasteiger partial charge in [-0.3, -0.25) is 0 Å². The molecule has 4 atom stereocenters. The first-order valence-electron chi connectivity index (χ1n) is 8.45. The molecule has 1 aromatic heterocycles. The first-order valence-corrected chi connectivity index (χ1v) is 8.45. The lowest BCUT2D eigenvalue weighted by atomic mass is 9.41. The van der Waals surface area contributed by atoms with E-state index in [2.05, 4.69) is 48.6 Å². The van der Waals surface area contributed by atoms with E-state index < -0.39 is 0 Å². The van der Waals surface area contributed by atoms with Gasteiger partial charge >= 0.3 is 11.4 Å². The zero-order chi connectivity index (χ0) is 16.3. The van der Waals surface area contributed by atoms with Crippen LogP contribution in [0.2, 0.25) is 0 Å². The van der Waals surface area contributed by atoms with Crippen molar-refractivity contribution in [2.45, 2.75) is 24.9 Å². The third kappa shape index (κ3) is 1.05. The van der Waals surface area contributed by atoms with Crippen molar-refractivity contribution in [2.24, 2.45) is 17.9 Å². The van der Waals surface area contributed by atoms with Gasteiger partial charge < -0.3 is 0 Å². The molecule has 2 aliphatic heterocycles. The van der Waals surface area contributed by atoms with E-state index in [9.17, 15) is 9.59 Å². The summed E-state index contributed by atoms with van der Waals surface area (Å²) in [6, 6.07) is 8.42. The number of aromatic nitrogens is 3. The maximum Gasteiger partial charge on any atom is 0.347 e. The first-order chi connectivity index (χ1) is 11.6. The molecular weight excluding hydrogens is 302 g/mol. The van der Waals surface area contributed by atoms with Gasteiger partial charge in [0.1, 0.15) is 0 Å². The number of hydrogen-bond acceptors (Lipinski definition) is 2. The molecule has 0 fully saturated rings. The Labute approximate surface area is 138 Å². The summed E-state index contributed by atoms with van der Waals surface area (Å²) in [5.41, 5.74) is 2.16. The van der Waals surface area contributed by atoms with E-state index in [1.807, 2.05) is 0 Å². The Hall–Kier alpha value is -2.56. The van der Waals surface area contributed by atoms with Gasteiger partial charge in [0.25, 0.3) is 0 Å². The Balaban J connectivity index is 1.69. The van der Waals surface area contributed by atoms with Gasteiger partial charge in [-0.05, 0) is 24.0 Å². The lowest BCUT2D eigenvalue weighted by molar-refractivity contribution is -0.0569. The largest absolute Gasteiger partial charge is 0.347 e. The molecular formula is C19H17N3O2. The average Bonchev–Trinajstić information content (AvgIpc) is 2.82. The fourth-order valence-electron chi connectivity index (χ4n) is 5.68. The molecule has 0 amide bonds. The first kappa shape index (κ1) is 12.8. The van der Waals surface area contributed by atoms with Crippen LogP contribution in [0.1, 0.15) is 23.2 Å². The summed E-state index contributed by atoms with van der Waals surface area (Å²) in [6.07, 6.45) is 10.7. The molecule has 3 heterocycles. The SMILES string of the molecule is Cn1c(=O)n2n(c1=O)[C@@H]1C=C[C@H]2[C@@]23C=C[C@@]12Cc1ccccc1C3. The molecule has 7 rings (SSSR count). The van der Waals surface area contributed by atoms with Gasteiger partial charge in [-0.25, -0.2) is 23.5 Å². The van der Waals surface area contributed by atoms with Gasteiger partial charge in [0.05, 0.1) is 12.1 Å². The topological polar surface area (TPSA) is 48.9 Å². The van der Waals surface area contributed by atoms with Crippen LogP contribution in [-0.4, -0.2) is 13.9 Å². The summed E-state index contributed by atoms with van der Waals surface area (Å²) >= 11 is 0. The van der Waals surface area contributed by atoms with Gasteiger partial charge in [0.15, 0.2) is 0 Å². The predicted molar refractivity (Wildman–Crippen MR) is 89.0 cm³/mol. The minimum absolute atomic E-state index is 0.0812. The van der Waals surface area contributed by atoms with Gasteiger partial charge in [-0.1, -0.05) is 48.6 Å². The molecule has 0 spiro atoms. The van der Waals surface area contributed by atoms with Crippen molar-refractivity contribution in [3.63, 3.8) is 0 Å². The van der Waals surface area contributed by atoms with Crippen LogP contribution in [-0.2, 0) is 19.9 Å². The molecule has 3 aliphatic carbocycles. The van der Waals surface area contributed by atoms with Crippen molar-refractivity contribution < 1.29 is 0 Å². The molecule has 120 valence electrons. The maximum atomic E-state index is 12.7. The van der Waals surface area contributed by atoms with Crippen molar-refractivity contribution in [1.29, 1.82) is 0 Å². The van der Waals surface area contributed by atoms with Crippen molar-refractivity contribution in [2.75, 3.05) is 0 Å². The van der Waals surface area contributed by atoms with Crippen molar-refractivity contribution in [3.05, 3.63) is 80.7 Å². The van der Waals surface area contributed by atoms with Crippen LogP contribution in [0.4, 0.5) is 0 Å². The lowest BCUT2D eigenvalue weighted by Gasteiger charge is -2.67. The third-order valence-electron chi connectivity index (χ3n) is 6.89. The summed E-state index contributed by atoms with van der Waals surface area (Å²) in [5, 5.41) is 0. The quantitative estimate of drug-likeness (QED) is 0.688. The minimum atomic E-state index is -0.207. The van der Waals surface area contributed by atoms with Crippen LogP contribution in [0.25, 0.3) is 0 Å². The second-order valence-electron chi connectivity index (χ2n) is 7.62. The second kappa shape index (κ2) is 3.58. The monoisotopic (exact) mass is 319 g/mol. The highest BCUT2D eigenvalue weighted by Gasteiger charge is 2.68. The number of benzene rings is 1. The Morgan fingerprint density at radius 2 is 1.33 bits per heavy atom. The van der Waals surface area contributed by atoms with Crippen LogP contribution in [0.5, 0.6) is 0 Å². The second-order valence-corrected chi connectivity index (χ2v) is 7.62. The van der Waals surface area contributed by atoms with Crippen molar-refractivity contribution in [1.82, 2.24) is 13.9 Å². The number of nitrogens with zero attached hydrogens (tertiary/aromatic N) is 3. The van der Waals surface area contributed by atoms with Crippen LogP contribution >= 0.6 is 0 Å². The number of allylic oxidation sites excluding steroid dienone is 4. The Morgan fingerprint density at radius 3 is 1.75 bits per heavy atom. The lowest BCUT2D eigenvalue weighted by Crippen LogP contribution is -2.66. The van der Waals surface area contributed by atoms with E-state index in [0.717, 1.165) is 12.8 Å². The van der Waals surface area contributed by atoms with E-state index in [-0.39, 0.29) is 34.3 Å². The third-order valence-corrected chi connectivity index (χ3v) is 6.89. The molecule has 0 saturated carbocycles. The molecule has 0 N–H and O–H groups in total. The Bertz CT molecular complexity index is 1020. The predicted octanol–water partition coefficient (Wildman–Crippen LogP) is 1.36. The average molecular weight is 319 g/mol. The van der Waals surface area contributed by atoms with E-state index in [4.69, 9.17) is 0 Å². The Morgan fingerprint density at radius 1 is 0.875 bits per heavy atom. The van der Waals surface area contributed by atoms with E-state index in [1.165, 1.54) is 15.7 Å². The van der Waals surface area contributed by atoms with Crippen LogP contribution < -0.4 is 11.4 Å². The zero-order valence-electron chi connectivity index (χ0n) is 13.3. The molecule has 0 unspecified atom stereocenters. The fraction of sp³-hybridized carbons (Fsp3) is 0.368. The van der Waals surface area contributed by atoms with E-state index in [0.29, 0.717) is 0 Å². The smallest absolute Gasteiger partial charge is 0.246 e. The molecule has 2 aromatic rings. The number of rotatable bonds is 0. The van der Waals surface area contributed by atoms with Gasteiger partial charge in [-0.2, -0.15) is 0 Å². The molecule has 5 nitrogen and oxygen atoms in total. The van der Waals surface area contributed by atoms with Crippen LogP contribution in [0, 0.1) is 10.8 Å². The van der Waals surface area contributed by atoms with Gasteiger partial charge in [0.2, 0.25) is 0 Å².